The van der Waals surface area contributed by atoms with E-state index in [9.17, 15) is 0 Å². The standard InChI is InChI=1S/C13H25NO3/c1-12(2)6-10(16-8-11-9-17-11)7-13(3,4)14(12)15-5/h10-11H,6-9H2,1-5H3. The van der Waals surface area contributed by atoms with Crippen LogP contribution in [0.25, 0.3) is 0 Å². The van der Waals surface area contributed by atoms with Crippen molar-refractivity contribution in [1.82, 2.24) is 5.06 Å². The highest BCUT2D eigenvalue weighted by molar-refractivity contribution is 4.97. The number of ether oxygens (including phenoxy) is 2. The molecule has 0 spiro atoms. The summed E-state index contributed by atoms with van der Waals surface area (Å²) in [5, 5.41) is 2.10. The lowest BCUT2D eigenvalue weighted by molar-refractivity contribution is -0.280. The summed E-state index contributed by atoms with van der Waals surface area (Å²) in [6.07, 6.45) is 2.64. The minimum Gasteiger partial charge on any atom is -0.375 e. The van der Waals surface area contributed by atoms with Crippen LogP contribution in [0.1, 0.15) is 40.5 Å². The minimum atomic E-state index is 0.00553. The molecule has 0 saturated carbocycles. The van der Waals surface area contributed by atoms with Crippen molar-refractivity contribution in [1.29, 1.82) is 0 Å². The molecule has 4 heteroatoms. The maximum absolute atomic E-state index is 5.96. The van der Waals surface area contributed by atoms with Gasteiger partial charge in [0.1, 0.15) is 6.10 Å². The first-order valence-electron chi connectivity index (χ1n) is 6.43. The van der Waals surface area contributed by atoms with Gasteiger partial charge in [-0.2, -0.15) is 5.06 Å². The van der Waals surface area contributed by atoms with Crippen molar-refractivity contribution in [2.24, 2.45) is 0 Å². The lowest BCUT2D eigenvalue weighted by Crippen LogP contribution is -2.61. The molecule has 0 N–H and O–H groups in total. The number of hydroxylamine groups is 2. The van der Waals surface area contributed by atoms with Gasteiger partial charge in [-0.15, -0.1) is 0 Å². The lowest BCUT2D eigenvalue weighted by Gasteiger charge is -2.53. The van der Waals surface area contributed by atoms with Gasteiger partial charge < -0.3 is 14.3 Å². The van der Waals surface area contributed by atoms with Gasteiger partial charge in [0.15, 0.2) is 0 Å². The fourth-order valence-corrected chi connectivity index (χ4v) is 3.19. The molecule has 1 atom stereocenters. The Morgan fingerprint density at radius 2 is 1.71 bits per heavy atom. The zero-order valence-electron chi connectivity index (χ0n) is 11.7. The molecule has 0 aliphatic carbocycles. The highest BCUT2D eigenvalue weighted by Gasteiger charge is 2.46. The van der Waals surface area contributed by atoms with E-state index >= 15 is 0 Å². The molecule has 0 aromatic heterocycles. The van der Waals surface area contributed by atoms with Gasteiger partial charge in [-0.3, -0.25) is 0 Å². The van der Waals surface area contributed by atoms with E-state index in [4.69, 9.17) is 14.3 Å². The Labute approximate surface area is 104 Å². The van der Waals surface area contributed by atoms with E-state index in [0.717, 1.165) is 26.1 Å². The average Bonchev–Trinajstić information content (AvgIpc) is 2.94. The van der Waals surface area contributed by atoms with Crippen molar-refractivity contribution in [3.63, 3.8) is 0 Å². The molecule has 2 fully saturated rings. The third-order valence-electron chi connectivity index (χ3n) is 3.66. The molecule has 1 unspecified atom stereocenters. The maximum atomic E-state index is 5.96. The largest absolute Gasteiger partial charge is 0.375 e. The molecule has 2 aliphatic heterocycles. The van der Waals surface area contributed by atoms with Crippen molar-refractivity contribution in [2.75, 3.05) is 20.3 Å². The zero-order chi connectivity index (χ0) is 12.7. The van der Waals surface area contributed by atoms with Crippen molar-refractivity contribution < 1.29 is 14.3 Å². The van der Waals surface area contributed by atoms with E-state index < -0.39 is 0 Å². The van der Waals surface area contributed by atoms with Crippen LogP contribution in [-0.2, 0) is 14.3 Å². The van der Waals surface area contributed by atoms with Crippen LogP contribution in [0.15, 0.2) is 0 Å². The van der Waals surface area contributed by atoms with Crippen LogP contribution in [0, 0.1) is 0 Å². The molecular weight excluding hydrogens is 218 g/mol. The lowest BCUT2D eigenvalue weighted by atomic mass is 9.80. The molecule has 2 rings (SSSR count). The molecular formula is C13H25NO3. The predicted molar refractivity (Wildman–Crippen MR) is 65.7 cm³/mol. The van der Waals surface area contributed by atoms with Gasteiger partial charge in [-0.05, 0) is 40.5 Å². The number of rotatable bonds is 4. The highest BCUT2D eigenvalue weighted by atomic mass is 16.7. The normalized spacial score (nSPS) is 32.6. The summed E-state index contributed by atoms with van der Waals surface area (Å²) >= 11 is 0. The van der Waals surface area contributed by atoms with Gasteiger partial charge in [0.05, 0.1) is 26.4 Å². The van der Waals surface area contributed by atoms with Crippen molar-refractivity contribution in [3.05, 3.63) is 0 Å². The van der Waals surface area contributed by atoms with Crippen molar-refractivity contribution in [3.8, 4) is 0 Å². The topological polar surface area (TPSA) is 34.2 Å². The fraction of sp³-hybridized carbons (Fsp3) is 1.00. The first-order valence-corrected chi connectivity index (χ1v) is 6.43. The number of hydrogen-bond donors (Lipinski definition) is 0. The van der Waals surface area contributed by atoms with E-state index in [0.29, 0.717) is 12.2 Å². The van der Waals surface area contributed by atoms with Gasteiger partial charge in [-0.1, -0.05) is 0 Å². The Kier molecular flexibility index (Phi) is 3.51. The Balaban J connectivity index is 1.98. The molecule has 2 heterocycles. The van der Waals surface area contributed by atoms with Crippen molar-refractivity contribution in [2.45, 2.75) is 63.8 Å². The van der Waals surface area contributed by atoms with Gasteiger partial charge in [0, 0.05) is 11.1 Å². The minimum absolute atomic E-state index is 0.00553. The van der Waals surface area contributed by atoms with Crippen molar-refractivity contribution >= 4 is 0 Å². The molecule has 0 aromatic carbocycles. The van der Waals surface area contributed by atoms with Gasteiger partial charge in [-0.25, -0.2) is 0 Å². The molecule has 100 valence electrons. The predicted octanol–water partition coefficient (Wildman–Crippen LogP) is 1.98. The molecule has 0 amide bonds. The summed E-state index contributed by atoms with van der Waals surface area (Å²) in [6.45, 7) is 10.4. The van der Waals surface area contributed by atoms with Crippen LogP contribution in [0.5, 0.6) is 0 Å². The molecule has 17 heavy (non-hydrogen) atoms. The number of nitrogens with zero attached hydrogens (tertiary/aromatic N) is 1. The summed E-state index contributed by atoms with van der Waals surface area (Å²) in [7, 11) is 1.75. The highest BCUT2D eigenvalue weighted by Crippen LogP contribution is 2.39. The third-order valence-corrected chi connectivity index (χ3v) is 3.66. The van der Waals surface area contributed by atoms with E-state index in [1.807, 2.05) is 0 Å². The zero-order valence-corrected chi connectivity index (χ0v) is 11.7. The van der Waals surface area contributed by atoms with Gasteiger partial charge in [0.25, 0.3) is 0 Å². The van der Waals surface area contributed by atoms with Crippen LogP contribution in [0.2, 0.25) is 0 Å². The van der Waals surface area contributed by atoms with E-state index in [1.165, 1.54) is 0 Å². The van der Waals surface area contributed by atoms with Crippen LogP contribution in [-0.4, -0.2) is 48.7 Å². The smallest absolute Gasteiger partial charge is 0.104 e. The second-order valence-electron chi connectivity index (χ2n) is 6.42. The van der Waals surface area contributed by atoms with Crippen LogP contribution < -0.4 is 0 Å². The first-order chi connectivity index (χ1) is 7.85. The molecule has 0 bridgehead atoms. The Bertz CT molecular complexity index is 256. The van der Waals surface area contributed by atoms with E-state index in [1.54, 1.807) is 7.11 Å². The van der Waals surface area contributed by atoms with E-state index in [2.05, 4.69) is 32.8 Å². The second kappa shape index (κ2) is 4.50. The van der Waals surface area contributed by atoms with Crippen LogP contribution >= 0.6 is 0 Å². The number of hydrogen-bond acceptors (Lipinski definition) is 4. The summed E-state index contributed by atoms with van der Waals surface area (Å²) in [5.74, 6) is 0. The molecule has 4 nitrogen and oxygen atoms in total. The Morgan fingerprint density at radius 3 is 2.12 bits per heavy atom. The molecule has 2 saturated heterocycles. The summed E-state index contributed by atoms with van der Waals surface area (Å²) in [4.78, 5) is 5.56. The summed E-state index contributed by atoms with van der Waals surface area (Å²) in [6, 6.07) is 0. The number of piperidine rings is 1. The van der Waals surface area contributed by atoms with Crippen LogP contribution in [0.3, 0.4) is 0 Å². The molecule has 2 aliphatic rings. The third kappa shape index (κ3) is 2.99. The maximum Gasteiger partial charge on any atom is 0.104 e. The molecule has 0 radical (unpaired) electrons. The monoisotopic (exact) mass is 243 g/mol. The van der Waals surface area contributed by atoms with E-state index in [-0.39, 0.29) is 11.1 Å². The van der Waals surface area contributed by atoms with Gasteiger partial charge in [0.2, 0.25) is 0 Å². The molecule has 0 aromatic rings. The first kappa shape index (κ1) is 13.3. The van der Waals surface area contributed by atoms with Gasteiger partial charge >= 0.3 is 0 Å². The summed E-state index contributed by atoms with van der Waals surface area (Å²) < 4.78 is 11.1. The van der Waals surface area contributed by atoms with Crippen LogP contribution in [0.4, 0.5) is 0 Å². The average molecular weight is 243 g/mol. The fourth-order valence-electron chi connectivity index (χ4n) is 3.19. The quantitative estimate of drug-likeness (QED) is 0.707. The second-order valence-corrected chi connectivity index (χ2v) is 6.42. The Hall–Kier alpha value is -0.160. The number of epoxide rings is 1. The summed E-state index contributed by atoms with van der Waals surface area (Å²) in [5.41, 5.74) is 0.0111. The SMILES string of the molecule is CON1C(C)(C)CC(OCC2CO2)CC1(C)C. The Morgan fingerprint density at radius 1 is 1.18 bits per heavy atom.